The average molecular weight is 310 g/mol. The van der Waals surface area contributed by atoms with Crippen LogP contribution in [-0.2, 0) is 4.79 Å². The number of hydrogen-bond acceptors (Lipinski definition) is 4. The van der Waals surface area contributed by atoms with Crippen LogP contribution >= 0.6 is 0 Å². The highest BCUT2D eigenvalue weighted by molar-refractivity contribution is 5.84. The molecule has 1 aromatic heterocycles. The van der Waals surface area contributed by atoms with Gasteiger partial charge in [-0.1, -0.05) is 42.5 Å². The lowest BCUT2D eigenvalue weighted by atomic mass is 9.88. The lowest BCUT2D eigenvalue weighted by Crippen LogP contribution is -2.17. The Morgan fingerprint density at radius 1 is 1.04 bits per heavy atom. The largest absolute Gasteiger partial charge is 0.507 e. The minimum atomic E-state index is -1.06. The standard InChI is InChI=1S/C18H14O5/c19-15(20)10-13(11-6-2-1-3-7-11)16-17(21)12-8-4-5-9-14(12)23-18(16)22/h1-9,13,21H,10H2,(H,19,20)/t13-/m1/s1. The smallest absolute Gasteiger partial charge is 0.343 e. The Bertz CT molecular complexity index is 912. The second-order valence-corrected chi connectivity index (χ2v) is 5.21. The summed E-state index contributed by atoms with van der Waals surface area (Å²) in [5.41, 5.74) is 0.141. The van der Waals surface area contributed by atoms with E-state index in [4.69, 9.17) is 4.42 Å². The monoisotopic (exact) mass is 310 g/mol. The zero-order valence-electron chi connectivity index (χ0n) is 12.1. The van der Waals surface area contributed by atoms with Crippen molar-refractivity contribution in [3.05, 3.63) is 76.1 Å². The molecule has 1 atom stereocenters. The first-order valence-corrected chi connectivity index (χ1v) is 7.09. The molecular formula is C18H14O5. The number of para-hydroxylation sites is 1. The lowest BCUT2D eigenvalue weighted by molar-refractivity contribution is -0.137. The average Bonchev–Trinajstić information content (AvgIpc) is 2.54. The van der Waals surface area contributed by atoms with Crippen molar-refractivity contribution in [3.8, 4) is 5.75 Å². The first-order valence-electron chi connectivity index (χ1n) is 7.09. The van der Waals surface area contributed by atoms with E-state index in [1.165, 1.54) is 0 Å². The van der Waals surface area contributed by atoms with E-state index in [9.17, 15) is 19.8 Å². The van der Waals surface area contributed by atoms with E-state index in [-0.39, 0.29) is 23.3 Å². The fourth-order valence-electron chi connectivity index (χ4n) is 2.70. The van der Waals surface area contributed by atoms with Crippen LogP contribution in [-0.4, -0.2) is 16.2 Å². The molecule has 3 aromatic rings. The second-order valence-electron chi connectivity index (χ2n) is 5.21. The van der Waals surface area contributed by atoms with Crippen molar-refractivity contribution >= 4 is 16.9 Å². The molecule has 0 bridgehead atoms. The summed E-state index contributed by atoms with van der Waals surface area (Å²) in [6, 6.07) is 15.4. The molecule has 0 unspecified atom stereocenters. The number of carboxylic acid groups (broad SMARTS) is 1. The van der Waals surface area contributed by atoms with Crippen LogP contribution in [0.5, 0.6) is 5.75 Å². The molecule has 23 heavy (non-hydrogen) atoms. The highest BCUT2D eigenvalue weighted by atomic mass is 16.4. The van der Waals surface area contributed by atoms with Gasteiger partial charge in [0.2, 0.25) is 0 Å². The van der Waals surface area contributed by atoms with E-state index >= 15 is 0 Å². The molecule has 0 saturated carbocycles. The maximum absolute atomic E-state index is 12.3. The molecule has 1 heterocycles. The van der Waals surface area contributed by atoms with Gasteiger partial charge in [-0.05, 0) is 17.7 Å². The maximum atomic E-state index is 12.3. The maximum Gasteiger partial charge on any atom is 0.343 e. The number of hydrogen-bond donors (Lipinski definition) is 2. The molecule has 5 nitrogen and oxygen atoms in total. The fraction of sp³-hybridized carbons (Fsp3) is 0.111. The number of benzene rings is 2. The van der Waals surface area contributed by atoms with Gasteiger partial charge in [0.1, 0.15) is 11.3 Å². The molecule has 0 spiro atoms. The number of aromatic hydroxyl groups is 1. The van der Waals surface area contributed by atoms with E-state index in [0.717, 1.165) is 0 Å². The van der Waals surface area contributed by atoms with Crippen molar-refractivity contribution in [1.82, 2.24) is 0 Å². The molecule has 116 valence electrons. The molecule has 0 fully saturated rings. The zero-order chi connectivity index (χ0) is 16.4. The number of fused-ring (bicyclic) bond motifs is 1. The third kappa shape index (κ3) is 2.81. The van der Waals surface area contributed by atoms with Gasteiger partial charge in [-0.2, -0.15) is 0 Å². The van der Waals surface area contributed by atoms with Crippen LogP contribution in [0.2, 0.25) is 0 Å². The lowest BCUT2D eigenvalue weighted by Gasteiger charge is -2.16. The molecule has 0 aliphatic heterocycles. The quantitative estimate of drug-likeness (QED) is 0.723. The summed E-state index contributed by atoms with van der Waals surface area (Å²) in [5.74, 6) is -2.08. The predicted molar refractivity (Wildman–Crippen MR) is 84.7 cm³/mol. The van der Waals surface area contributed by atoms with Crippen LogP contribution in [0.3, 0.4) is 0 Å². The first kappa shape index (κ1) is 14.8. The Hall–Kier alpha value is -3.08. The third-order valence-electron chi connectivity index (χ3n) is 3.75. The number of aliphatic carboxylic acids is 1. The molecule has 3 rings (SSSR count). The molecule has 0 aliphatic rings. The summed E-state index contributed by atoms with van der Waals surface area (Å²) in [6.45, 7) is 0. The predicted octanol–water partition coefficient (Wildman–Crippen LogP) is 3.11. The number of carboxylic acids is 1. The van der Waals surface area contributed by atoms with Gasteiger partial charge in [0.05, 0.1) is 17.4 Å². The van der Waals surface area contributed by atoms with Crippen molar-refractivity contribution in [3.63, 3.8) is 0 Å². The highest BCUT2D eigenvalue weighted by Gasteiger charge is 2.26. The van der Waals surface area contributed by atoms with Crippen LogP contribution < -0.4 is 5.63 Å². The molecule has 0 saturated heterocycles. The van der Waals surface area contributed by atoms with E-state index in [0.29, 0.717) is 10.9 Å². The van der Waals surface area contributed by atoms with Gasteiger partial charge in [-0.3, -0.25) is 4.79 Å². The van der Waals surface area contributed by atoms with Crippen LogP contribution in [0.1, 0.15) is 23.5 Å². The van der Waals surface area contributed by atoms with Crippen molar-refractivity contribution < 1.29 is 19.4 Å². The van der Waals surface area contributed by atoms with Crippen molar-refractivity contribution in [2.24, 2.45) is 0 Å². The van der Waals surface area contributed by atoms with E-state index in [1.54, 1.807) is 54.6 Å². The van der Waals surface area contributed by atoms with Crippen LogP contribution in [0, 0.1) is 0 Å². The zero-order valence-corrected chi connectivity index (χ0v) is 12.1. The third-order valence-corrected chi connectivity index (χ3v) is 3.75. The normalized spacial score (nSPS) is 12.2. The van der Waals surface area contributed by atoms with Crippen molar-refractivity contribution in [2.75, 3.05) is 0 Å². The Morgan fingerprint density at radius 2 is 1.70 bits per heavy atom. The van der Waals surface area contributed by atoms with Gasteiger partial charge in [0.25, 0.3) is 0 Å². The number of rotatable bonds is 4. The minimum Gasteiger partial charge on any atom is -0.507 e. The van der Waals surface area contributed by atoms with Gasteiger partial charge in [0, 0.05) is 5.92 Å². The SMILES string of the molecule is O=C(O)C[C@H](c1ccccc1)c1c(O)c2ccccc2oc1=O. The van der Waals surface area contributed by atoms with Gasteiger partial charge in [-0.25, -0.2) is 4.79 Å². The molecule has 5 heteroatoms. The number of carbonyl (C=O) groups is 1. The van der Waals surface area contributed by atoms with Crippen LogP contribution in [0.4, 0.5) is 0 Å². The Kier molecular flexibility index (Phi) is 3.85. The Labute approximate surface area is 131 Å². The molecular weight excluding hydrogens is 296 g/mol. The first-order chi connectivity index (χ1) is 11.1. The summed E-state index contributed by atoms with van der Waals surface area (Å²) in [4.78, 5) is 23.6. The summed E-state index contributed by atoms with van der Waals surface area (Å²) in [6.07, 6.45) is -0.319. The van der Waals surface area contributed by atoms with Crippen LogP contribution in [0.15, 0.2) is 63.8 Å². The van der Waals surface area contributed by atoms with Gasteiger partial charge >= 0.3 is 11.6 Å². The van der Waals surface area contributed by atoms with E-state index in [1.807, 2.05) is 0 Å². The molecule has 0 aliphatic carbocycles. The van der Waals surface area contributed by atoms with Gasteiger partial charge in [-0.15, -0.1) is 0 Å². The Morgan fingerprint density at radius 3 is 2.39 bits per heavy atom. The highest BCUT2D eigenvalue weighted by Crippen LogP contribution is 2.35. The van der Waals surface area contributed by atoms with Gasteiger partial charge < -0.3 is 14.6 Å². The minimum absolute atomic E-state index is 0.0303. The molecule has 2 aromatic carbocycles. The van der Waals surface area contributed by atoms with E-state index < -0.39 is 17.5 Å². The molecule has 2 N–H and O–H groups in total. The van der Waals surface area contributed by atoms with Crippen molar-refractivity contribution in [2.45, 2.75) is 12.3 Å². The van der Waals surface area contributed by atoms with Crippen molar-refractivity contribution in [1.29, 1.82) is 0 Å². The van der Waals surface area contributed by atoms with Crippen LogP contribution in [0.25, 0.3) is 11.0 Å². The summed E-state index contributed by atoms with van der Waals surface area (Å²) < 4.78 is 5.25. The van der Waals surface area contributed by atoms with Gasteiger partial charge in [0.15, 0.2) is 0 Å². The fourth-order valence-corrected chi connectivity index (χ4v) is 2.70. The molecule has 0 amide bonds. The second kappa shape index (κ2) is 5.96. The summed E-state index contributed by atoms with van der Waals surface area (Å²) in [5, 5.41) is 20.1. The van der Waals surface area contributed by atoms with E-state index in [2.05, 4.69) is 0 Å². The summed E-state index contributed by atoms with van der Waals surface area (Å²) >= 11 is 0. The Balaban J connectivity index is 2.26. The molecule has 0 radical (unpaired) electrons. The summed E-state index contributed by atoms with van der Waals surface area (Å²) in [7, 11) is 0. The topological polar surface area (TPSA) is 87.7 Å².